The number of hydrogen-bond donors (Lipinski definition) is 1. The summed E-state index contributed by atoms with van der Waals surface area (Å²) in [5.74, 6) is 1.45. The average molecular weight is 312 g/mol. The van der Waals surface area contributed by atoms with Gasteiger partial charge in [-0.3, -0.25) is 14.5 Å². The Balaban J connectivity index is 1.57. The molecule has 0 saturated carbocycles. The van der Waals surface area contributed by atoms with Crippen LogP contribution in [0, 0.1) is 6.92 Å². The Hall–Kier alpha value is -3.03. The highest BCUT2D eigenvalue weighted by atomic mass is 16.5. The number of rotatable bonds is 5. The number of nitrogens with one attached hydrogen (secondary N) is 1. The van der Waals surface area contributed by atoms with Crippen molar-refractivity contribution in [1.82, 2.24) is 24.9 Å². The zero-order chi connectivity index (χ0) is 16.2. The number of aryl methyl sites for hydroxylation is 3. The third-order valence-corrected chi connectivity index (χ3v) is 3.24. The molecular weight excluding hydrogens is 296 g/mol. The highest BCUT2D eigenvalue weighted by molar-refractivity contribution is 5.89. The van der Waals surface area contributed by atoms with Gasteiger partial charge in [0, 0.05) is 43.9 Å². The van der Waals surface area contributed by atoms with Crippen LogP contribution in [0.3, 0.4) is 0 Å². The third-order valence-electron chi connectivity index (χ3n) is 3.24. The molecule has 3 aromatic heterocycles. The van der Waals surface area contributed by atoms with Crippen LogP contribution in [0.15, 0.2) is 35.1 Å². The van der Waals surface area contributed by atoms with E-state index in [1.807, 2.05) is 13.0 Å². The predicted molar refractivity (Wildman–Crippen MR) is 82.4 cm³/mol. The Labute approximate surface area is 132 Å². The maximum Gasteiger partial charge on any atom is 0.227 e. The Morgan fingerprint density at radius 2 is 2.13 bits per heavy atom. The molecule has 0 radical (unpaired) electrons. The lowest BCUT2D eigenvalue weighted by molar-refractivity contribution is -0.116. The van der Waals surface area contributed by atoms with E-state index in [0.29, 0.717) is 24.0 Å². The van der Waals surface area contributed by atoms with Crippen LogP contribution in [0.1, 0.15) is 18.0 Å². The minimum absolute atomic E-state index is 0.128. The first-order valence-electron chi connectivity index (χ1n) is 7.15. The van der Waals surface area contributed by atoms with Gasteiger partial charge in [-0.05, 0) is 19.1 Å². The maximum atomic E-state index is 12.0. The lowest BCUT2D eigenvalue weighted by atomic mass is 10.2. The number of hydrogen-bond acceptors (Lipinski definition) is 6. The topological polar surface area (TPSA) is 98.7 Å². The molecule has 3 heterocycles. The van der Waals surface area contributed by atoms with Crippen molar-refractivity contribution in [3.63, 3.8) is 0 Å². The summed E-state index contributed by atoms with van der Waals surface area (Å²) in [4.78, 5) is 20.2. The van der Waals surface area contributed by atoms with E-state index in [1.54, 1.807) is 36.3 Å². The Bertz CT molecular complexity index is 808. The van der Waals surface area contributed by atoms with Crippen molar-refractivity contribution in [2.45, 2.75) is 19.8 Å². The zero-order valence-electron chi connectivity index (χ0n) is 12.9. The van der Waals surface area contributed by atoms with Gasteiger partial charge < -0.3 is 9.84 Å². The van der Waals surface area contributed by atoms with Crippen molar-refractivity contribution in [2.24, 2.45) is 7.05 Å². The molecule has 1 N–H and O–H groups in total. The summed E-state index contributed by atoms with van der Waals surface area (Å²) in [5, 5.41) is 10.9. The first-order chi connectivity index (χ1) is 11.1. The summed E-state index contributed by atoms with van der Waals surface area (Å²) in [7, 11) is 1.78. The van der Waals surface area contributed by atoms with Gasteiger partial charge in [0.1, 0.15) is 5.82 Å². The summed E-state index contributed by atoms with van der Waals surface area (Å²) < 4.78 is 6.79. The second-order valence-corrected chi connectivity index (χ2v) is 5.09. The van der Waals surface area contributed by atoms with Gasteiger partial charge in [0.25, 0.3) is 0 Å². The molecule has 1 amide bonds. The van der Waals surface area contributed by atoms with Gasteiger partial charge >= 0.3 is 0 Å². The van der Waals surface area contributed by atoms with Gasteiger partial charge in [-0.1, -0.05) is 5.16 Å². The fourth-order valence-corrected chi connectivity index (χ4v) is 2.13. The molecule has 0 saturated heterocycles. The van der Waals surface area contributed by atoms with Crippen molar-refractivity contribution in [3.8, 4) is 11.4 Å². The summed E-state index contributed by atoms with van der Waals surface area (Å²) in [6.45, 7) is 1.87. The normalized spacial score (nSPS) is 10.7. The number of aromatic nitrogens is 5. The number of carbonyl (C=O) groups is 1. The van der Waals surface area contributed by atoms with E-state index in [9.17, 15) is 4.79 Å². The average Bonchev–Trinajstić information content (AvgIpc) is 3.13. The fourth-order valence-electron chi connectivity index (χ4n) is 2.13. The lowest BCUT2D eigenvalue weighted by Crippen LogP contribution is -2.14. The first-order valence-corrected chi connectivity index (χ1v) is 7.15. The molecule has 3 aromatic rings. The van der Waals surface area contributed by atoms with E-state index in [1.165, 1.54) is 0 Å². The van der Waals surface area contributed by atoms with Gasteiger partial charge in [-0.25, -0.2) is 0 Å². The van der Waals surface area contributed by atoms with E-state index in [0.717, 1.165) is 11.3 Å². The number of nitrogens with zero attached hydrogens (tertiary/aromatic N) is 5. The van der Waals surface area contributed by atoms with E-state index >= 15 is 0 Å². The van der Waals surface area contributed by atoms with Crippen molar-refractivity contribution in [1.29, 1.82) is 0 Å². The summed E-state index contributed by atoms with van der Waals surface area (Å²) in [5.41, 5.74) is 1.67. The van der Waals surface area contributed by atoms with E-state index < -0.39 is 0 Å². The lowest BCUT2D eigenvalue weighted by Gasteiger charge is -2.03. The Morgan fingerprint density at radius 1 is 1.35 bits per heavy atom. The quantitative estimate of drug-likeness (QED) is 0.770. The Kier molecular flexibility index (Phi) is 4.13. The molecule has 0 unspecified atom stereocenters. The minimum atomic E-state index is -0.128. The number of pyridine rings is 1. The molecular formula is C15H16N6O2. The smallest absolute Gasteiger partial charge is 0.227 e. The van der Waals surface area contributed by atoms with Crippen LogP contribution in [-0.4, -0.2) is 30.8 Å². The molecule has 8 heteroatoms. The summed E-state index contributed by atoms with van der Waals surface area (Å²) >= 11 is 0. The van der Waals surface area contributed by atoms with Crippen LogP contribution in [-0.2, 0) is 18.3 Å². The SMILES string of the molecule is Cc1cc(NC(=O)CCc2nc(-c3ccncc3)no2)n(C)n1. The molecule has 0 aliphatic rings. The third kappa shape index (κ3) is 3.60. The van der Waals surface area contributed by atoms with E-state index in [2.05, 4.69) is 25.5 Å². The maximum absolute atomic E-state index is 12.0. The molecule has 0 fully saturated rings. The molecule has 3 rings (SSSR count). The van der Waals surface area contributed by atoms with E-state index in [4.69, 9.17) is 4.52 Å². The van der Waals surface area contributed by atoms with Gasteiger partial charge in [0.2, 0.25) is 17.6 Å². The molecule has 118 valence electrons. The van der Waals surface area contributed by atoms with Crippen LogP contribution in [0.4, 0.5) is 5.82 Å². The van der Waals surface area contributed by atoms with Crippen molar-refractivity contribution in [2.75, 3.05) is 5.32 Å². The van der Waals surface area contributed by atoms with Crippen molar-refractivity contribution < 1.29 is 9.32 Å². The second-order valence-electron chi connectivity index (χ2n) is 5.09. The van der Waals surface area contributed by atoms with Crippen LogP contribution in [0.25, 0.3) is 11.4 Å². The Morgan fingerprint density at radius 3 is 2.83 bits per heavy atom. The van der Waals surface area contributed by atoms with Crippen molar-refractivity contribution >= 4 is 11.7 Å². The molecule has 0 spiro atoms. The zero-order valence-corrected chi connectivity index (χ0v) is 12.9. The minimum Gasteiger partial charge on any atom is -0.339 e. The molecule has 0 aliphatic heterocycles. The molecule has 0 bridgehead atoms. The molecule has 0 atom stereocenters. The van der Waals surface area contributed by atoms with Crippen LogP contribution >= 0.6 is 0 Å². The van der Waals surface area contributed by atoms with Crippen LogP contribution < -0.4 is 5.32 Å². The number of anilines is 1. The van der Waals surface area contributed by atoms with Crippen molar-refractivity contribution in [3.05, 3.63) is 42.2 Å². The number of carbonyl (C=O) groups excluding carboxylic acids is 1. The molecule has 0 aliphatic carbocycles. The largest absolute Gasteiger partial charge is 0.339 e. The highest BCUT2D eigenvalue weighted by Crippen LogP contribution is 2.15. The number of amides is 1. The molecule has 23 heavy (non-hydrogen) atoms. The predicted octanol–water partition coefficient (Wildman–Crippen LogP) is 1.74. The standard InChI is InChI=1S/C15H16N6O2/c1-10-9-12(21(2)19-10)17-13(22)3-4-14-18-15(20-23-14)11-5-7-16-8-6-11/h5-9H,3-4H2,1-2H3,(H,17,22). The van der Waals surface area contributed by atoms with Gasteiger partial charge in [-0.2, -0.15) is 10.1 Å². The monoisotopic (exact) mass is 312 g/mol. The van der Waals surface area contributed by atoms with Gasteiger partial charge in [-0.15, -0.1) is 0 Å². The van der Waals surface area contributed by atoms with Gasteiger partial charge in [0.15, 0.2) is 0 Å². The van der Waals surface area contributed by atoms with Gasteiger partial charge in [0.05, 0.1) is 5.69 Å². The highest BCUT2D eigenvalue weighted by Gasteiger charge is 2.12. The summed E-state index contributed by atoms with van der Waals surface area (Å²) in [6, 6.07) is 5.41. The first kappa shape index (κ1) is 14.9. The fraction of sp³-hybridized carbons (Fsp3) is 0.267. The molecule has 0 aromatic carbocycles. The second kappa shape index (κ2) is 6.39. The van der Waals surface area contributed by atoms with Crippen LogP contribution in [0.2, 0.25) is 0 Å². The summed E-state index contributed by atoms with van der Waals surface area (Å²) in [6.07, 6.45) is 3.95. The van der Waals surface area contributed by atoms with Crippen LogP contribution in [0.5, 0.6) is 0 Å². The van der Waals surface area contributed by atoms with E-state index in [-0.39, 0.29) is 12.3 Å². The molecule has 8 nitrogen and oxygen atoms in total.